The van der Waals surface area contributed by atoms with Crippen LogP contribution in [0.3, 0.4) is 0 Å². The number of carbonyl (C=O) groups is 1. The molecule has 3 nitrogen and oxygen atoms in total. The lowest BCUT2D eigenvalue weighted by Crippen LogP contribution is -2.26. The molecule has 0 atom stereocenters. The van der Waals surface area contributed by atoms with E-state index >= 15 is 0 Å². The van der Waals surface area contributed by atoms with E-state index in [-0.39, 0.29) is 11.7 Å². The summed E-state index contributed by atoms with van der Waals surface area (Å²) in [5, 5.41) is 2.84. The molecule has 0 bridgehead atoms. The second-order valence-corrected chi connectivity index (χ2v) is 5.14. The molecule has 0 aliphatic rings. The number of unbranched alkanes of at least 4 members (excludes halogenated alkanes) is 1. The number of nitrogens with one attached hydrogen (secondary N) is 1. The molecule has 0 aromatic heterocycles. The number of rotatable bonds is 8. The molecule has 0 saturated carbocycles. The molecule has 0 spiro atoms. The van der Waals surface area contributed by atoms with Crippen LogP contribution in [-0.2, 0) is 10.5 Å². The fourth-order valence-corrected chi connectivity index (χ4v) is 2.40. The van der Waals surface area contributed by atoms with E-state index in [0.717, 1.165) is 24.9 Å². The van der Waals surface area contributed by atoms with E-state index in [2.05, 4.69) is 12.2 Å². The number of halogens is 1. The van der Waals surface area contributed by atoms with E-state index < -0.39 is 0 Å². The molecule has 0 heterocycles. The molecule has 1 aromatic rings. The maximum atomic E-state index is 13.1. The molecule has 0 aliphatic heterocycles. The monoisotopic (exact) mass is 285 g/mol. The van der Waals surface area contributed by atoms with Gasteiger partial charge in [-0.2, -0.15) is 0 Å². The lowest BCUT2D eigenvalue weighted by atomic mass is 10.2. The van der Waals surface area contributed by atoms with Gasteiger partial charge in [-0.3, -0.25) is 4.79 Å². The van der Waals surface area contributed by atoms with Crippen LogP contribution < -0.4 is 10.1 Å². The van der Waals surface area contributed by atoms with Gasteiger partial charge in [0.15, 0.2) is 0 Å². The largest absolute Gasteiger partial charge is 0.496 e. The third kappa shape index (κ3) is 5.96. The second kappa shape index (κ2) is 8.80. The van der Waals surface area contributed by atoms with E-state index in [1.165, 1.54) is 23.9 Å². The second-order valence-electron chi connectivity index (χ2n) is 4.15. The summed E-state index contributed by atoms with van der Waals surface area (Å²) in [4.78, 5) is 11.5. The van der Waals surface area contributed by atoms with Crippen molar-refractivity contribution in [1.29, 1.82) is 0 Å². The smallest absolute Gasteiger partial charge is 0.230 e. The van der Waals surface area contributed by atoms with Crippen molar-refractivity contribution >= 4 is 17.7 Å². The fourth-order valence-electron chi connectivity index (χ4n) is 1.57. The average Bonchev–Trinajstić information content (AvgIpc) is 2.39. The third-order valence-electron chi connectivity index (χ3n) is 2.59. The Labute approximate surface area is 117 Å². The maximum absolute atomic E-state index is 13.1. The minimum absolute atomic E-state index is 0.0221. The van der Waals surface area contributed by atoms with Crippen LogP contribution >= 0.6 is 11.8 Å². The van der Waals surface area contributed by atoms with Crippen LogP contribution in [0.1, 0.15) is 25.3 Å². The summed E-state index contributed by atoms with van der Waals surface area (Å²) in [6.07, 6.45) is 2.06. The molecule has 0 unspecified atom stereocenters. The standard InChI is InChI=1S/C14H20FNO2S/c1-3-4-7-16-14(17)10-19-9-11-8-12(15)5-6-13(11)18-2/h5-6,8H,3-4,7,9-10H2,1-2H3,(H,16,17). The van der Waals surface area contributed by atoms with Gasteiger partial charge in [0, 0.05) is 17.9 Å². The Kier molecular flexibility index (Phi) is 7.33. The first-order valence-electron chi connectivity index (χ1n) is 6.34. The van der Waals surface area contributed by atoms with Crippen molar-refractivity contribution in [2.45, 2.75) is 25.5 Å². The Morgan fingerprint density at radius 1 is 1.47 bits per heavy atom. The van der Waals surface area contributed by atoms with Crippen molar-refractivity contribution in [3.8, 4) is 5.75 Å². The molecule has 5 heteroatoms. The van der Waals surface area contributed by atoms with Gasteiger partial charge in [-0.15, -0.1) is 11.8 Å². The number of hydrogen-bond donors (Lipinski definition) is 1. The van der Waals surface area contributed by atoms with Gasteiger partial charge in [-0.1, -0.05) is 13.3 Å². The molecular formula is C14H20FNO2S. The topological polar surface area (TPSA) is 38.3 Å². The first-order valence-corrected chi connectivity index (χ1v) is 7.49. The number of ether oxygens (including phenoxy) is 1. The summed E-state index contributed by atoms with van der Waals surface area (Å²) in [5.74, 6) is 1.32. The van der Waals surface area contributed by atoms with Gasteiger partial charge in [-0.25, -0.2) is 4.39 Å². The summed E-state index contributed by atoms with van der Waals surface area (Å²) in [6, 6.07) is 4.41. The molecular weight excluding hydrogens is 265 g/mol. The van der Waals surface area contributed by atoms with Crippen molar-refractivity contribution in [3.05, 3.63) is 29.6 Å². The van der Waals surface area contributed by atoms with E-state index in [1.54, 1.807) is 13.2 Å². The van der Waals surface area contributed by atoms with E-state index in [1.807, 2.05) is 0 Å². The first kappa shape index (κ1) is 15.8. The van der Waals surface area contributed by atoms with Gasteiger partial charge in [-0.05, 0) is 24.6 Å². The number of methoxy groups -OCH3 is 1. The number of hydrogen-bond acceptors (Lipinski definition) is 3. The molecule has 1 amide bonds. The quantitative estimate of drug-likeness (QED) is 0.746. The van der Waals surface area contributed by atoms with Crippen LogP contribution in [0.5, 0.6) is 5.75 Å². The molecule has 0 radical (unpaired) electrons. The Morgan fingerprint density at radius 3 is 2.95 bits per heavy atom. The Bertz CT molecular complexity index is 412. The van der Waals surface area contributed by atoms with Crippen LogP contribution in [-0.4, -0.2) is 25.3 Å². The van der Waals surface area contributed by atoms with Gasteiger partial charge in [0.25, 0.3) is 0 Å². The van der Waals surface area contributed by atoms with Gasteiger partial charge in [0.1, 0.15) is 11.6 Å². The predicted octanol–water partition coefficient (Wildman–Crippen LogP) is 2.98. The number of benzene rings is 1. The van der Waals surface area contributed by atoms with E-state index in [9.17, 15) is 9.18 Å². The number of thioether (sulfide) groups is 1. The SMILES string of the molecule is CCCCNC(=O)CSCc1cc(F)ccc1OC. The summed E-state index contributed by atoms with van der Waals surface area (Å²) in [5.41, 5.74) is 0.772. The van der Waals surface area contributed by atoms with E-state index in [0.29, 0.717) is 17.3 Å². The van der Waals surface area contributed by atoms with Gasteiger partial charge in [0.05, 0.1) is 12.9 Å². The molecule has 19 heavy (non-hydrogen) atoms. The van der Waals surface area contributed by atoms with Crippen LogP contribution in [0.4, 0.5) is 4.39 Å². The zero-order valence-electron chi connectivity index (χ0n) is 11.4. The zero-order valence-corrected chi connectivity index (χ0v) is 12.2. The predicted molar refractivity (Wildman–Crippen MR) is 77.0 cm³/mol. The van der Waals surface area contributed by atoms with Crippen LogP contribution in [0, 0.1) is 5.82 Å². The summed E-state index contributed by atoms with van der Waals surface area (Å²) < 4.78 is 18.3. The summed E-state index contributed by atoms with van der Waals surface area (Å²) >= 11 is 1.45. The molecule has 0 fully saturated rings. The van der Waals surface area contributed by atoms with Crippen molar-refractivity contribution in [3.63, 3.8) is 0 Å². The molecule has 1 aromatic carbocycles. The highest BCUT2D eigenvalue weighted by Crippen LogP contribution is 2.23. The molecule has 0 aliphatic carbocycles. The van der Waals surface area contributed by atoms with Gasteiger partial charge in [0.2, 0.25) is 5.91 Å². The Balaban J connectivity index is 2.36. The lowest BCUT2D eigenvalue weighted by Gasteiger charge is -2.08. The Hall–Kier alpha value is -1.23. The van der Waals surface area contributed by atoms with Crippen LogP contribution in [0.25, 0.3) is 0 Å². The Morgan fingerprint density at radius 2 is 2.26 bits per heavy atom. The minimum atomic E-state index is -0.288. The number of carbonyl (C=O) groups excluding carboxylic acids is 1. The molecule has 1 rings (SSSR count). The van der Waals surface area contributed by atoms with Crippen molar-refractivity contribution < 1.29 is 13.9 Å². The summed E-state index contributed by atoms with van der Waals surface area (Å²) in [6.45, 7) is 2.80. The minimum Gasteiger partial charge on any atom is -0.496 e. The van der Waals surface area contributed by atoms with Crippen molar-refractivity contribution in [2.24, 2.45) is 0 Å². The highest BCUT2D eigenvalue weighted by atomic mass is 32.2. The van der Waals surface area contributed by atoms with Crippen molar-refractivity contribution in [2.75, 3.05) is 19.4 Å². The third-order valence-corrected chi connectivity index (χ3v) is 3.57. The van der Waals surface area contributed by atoms with Gasteiger partial charge >= 0.3 is 0 Å². The van der Waals surface area contributed by atoms with E-state index in [4.69, 9.17) is 4.74 Å². The summed E-state index contributed by atoms with van der Waals surface area (Å²) in [7, 11) is 1.55. The highest BCUT2D eigenvalue weighted by molar-refractivity contribution is 7.99. The van der Waals surface area contributed by atoms with Crippen LogP contribution in [0.2, 0.25) is 0 Å². The number of amides is 1. The van der Waals surface area contributed by atoms with Gasteiger partial charge < -0.3 is 10.1 Å². The first-order chi connectivity index (χ1) is 9.17. The highest BCUT2D eigenvalue weighted by Gasteiger charge is 2.06. The molecule has 1 N–H and O–H groups in total. The maximum Gasteiger partial charge on any atom is 0.230 e. The van der Waals surface area contributed by atoms with Crippen LogP contribution in [0.15, 0.2) is 18.2 Å². The fraction of sp³-hybridized carbons (Fsp3) is 0.500. The molecule has 0 saturated heterocycles. The average molecular weight is 285 g/mol. The zero-order chi connectivity index (χ0) is 14.1. The normalized spacial score (nSPS) is 10.3. The molecule has 106 valence electrons. The van der Waals surface area contributed by atoms with Crippen molar-refractivity contribution in [1.82, 2.24) is 5.32 Å². The lowest BCUT2D eigenvalue weighted by molar-refractivity contribution is -0.118.